The predicted molar refractivity (Wildman–Crippen MR) is 50.9 cm³/mol. The Morgan fingerprint density at radius 3 is 2.83 bits per heavy atom. The first-order chi connectivity index (χ1) is 5.83. The number of halogens is 1. The summed E-state index contributed by atoms with van der Waals surface area (Å²) >= 11 is 3.47. The normalized spacial score (nSPS) is 19.5. The molecule has 66 valence electrons. The van der Waals surface area contributed by atoms with Crippen LogP contribution in [-0.2, 0) is 0 Å². The van der Waals surface area contributed by atoms with Crippen molar-refractivity contribution in [2.75, 3.05) is 7.05 Å². The highest BCUT2D eigenvalue weighted by Crippen LogP contribution is 2.42. The van der Waals surface area contributed by atoms with E-state index in [1.54, 1.807) is 6.26 Å². The molecule has 0 spiro atoms. The molecule has 12 heavy (non-hydrogen) atoms. The Labute approximate surface area is 80.5 Å². The molecule has 1 fully saturated rings. The van der Waals surface area contributed by atoms with Crippen molar-refractivity contribution in [1.82, 2.24) is 5.32 Å². The van der Waals surface area contributed by atoms with Crippen LogP contribution in [0, 0.1) is 5.92 Å². The Morgan fingerprint density at radius 2 is 2.42 bits per heavy atom. The van der Waals surface area contributed by atoms with Crippen molar-refractivity contribution < 1.29 is 4.42 Å². The van der Waals surface area contributed by atoms with Gasteiger partial charge in [0, 0.05) is 0 Å². The molecule has 2 nitrogen and oxygen atoms in total. The third-order valence-corrected chi connectivity index (χ3v) is 2.99. The summed E-state index contributed by atoms with van der Waals surface area (Å²) in [6.45, 7) is 0. The average Bonchev–Trinajstić information content (AvgIpc) is 2.80. The van der Waals surface area contributed by atoms with Gasteiger partial charge in [0.1, 0.15) is 5.76 Å². The molecular formula is C9H12BrNO. The molecule has 1 heterocycles. The van der Waals surface area contributed by atoms with Crippen LogP contribution >= 0.6 is 15.9 Å². The maximum Gasteiger partial charge on any atom is 0.135 e. The number of nitrogens with one attached hydrogen (secondary N) is 1. The Morgan fingerprint density at radius 1 is 1.67 bits per heavy atom. The van der Waals surface area contributed by atoms with E-state index in [4.69, 9.17) is 4.42 Å². The first kappa shape index (κ1) is 8.32. The molecule has 0 aliphatic heterocycles. The van der Waals surface area contributed by atoms with E-state index in [9.17, 15) is 0 Å². The maximum atomic E-state index is 5.41. The van der Waals surface area contributed by atoms with Crippen molar-refractivity contribution >= 4 is 15.9 Å². The molecule has 1 atom stereocenters. The summed E-state index contributed by atoms with van der Waals surface area (Å²) in [5.41, 5.74) is 0. The second kappa shape index (κ2) is 3.23. The quantitative estimate of drug-likeness (QED) is 0.863. The lowest BCUT2D eigenvalue weighted by atomic mass is 10.1. The van der Waals surface area contributed by atoms with Gasteiger partial charge in [0.15, 0.2) is 0 Å². The number of rotatable bonds is 3. The number of hydrogen-bond acceptors (Lipinski definition) is 2. The highest BCUT2D eigenvalue weighted by atomic mass is 79.9. The Hall–Kier alpha value is -0.280. The van der Waals surface area contributed by atoms with E-state index in [0.717, 1.165) is 16.2 Å². The van der Waals surface area contributed by atoms with Gasteiger partial charge in [-0.1, -0.05) is 0 Å². The van der Waals surface area contributed by atoms with E-state index in [1.807, 2.05) is 13.1 Å². The monoisotopic (exact) mass is 229 g/mol. The zero-order valence-corrected chi connectivity index (χ0v) is 8.60. The van der Waals surface area contributed by atoms with Gasteiger partial charge in [-0.3, -0.25) is 0 Å². The molecule has 1 N–H and O–H groups in total. The van der Waals surface area contributed by atoms with Crippen molar-refractivity contribution in [3.8, 4) is 0 Å². The second-order valence-corrected chi connectivity index (χ2v) is 4.09. The van der Waals surface area contributed by atoms with E-state index in [1.165, 1.54) is 12.8 Å². The van der Waals surface area contributed by atoms with Crippen molar-refractivity contribution in [2.45, 2.75) is 18.9 Å². The summed E-state index contributed by atoms with van der Waals surface area (Å²) < 4.78 is 6.49. The molecule has 1 aliphatic rings. The molecule has 0 radical (unpaired) electrons. The van der Waals surface area contributed by atoms with Crippen LogP contribution in [0.5, 0.6) is 0 Å². The molecule has 1 aromatic heterocycles. The lowest BCUT2D eigenvalue weighted by Gasteiger charge is -2.12. The van der Waals surface area contributed by atoms with E-state index >= 15 is 0 Å². The van der Waals surface area contributed by atoms with Gasteiger partial charge >= 0.3 is 0 Å². The van der Waals surface area contributed by atoms with Gasteiger partial charge in [0.2, 0.25) is 0 Å². The van der Waals surface area contributed by atoms with Crippen LogP contribution in [0.2, 0.25) is 0 Å². The minimum absolute atomic E-state index is 0.398. The van der Waals surface area contributed by atoms with Crippen LogP contribution in [0.15, 0.2) is 21.2 Å². The van der Waals surface area contributed by atoms with Gasteiger partial charge < -0.3 is 9.73 Å². The third-order valence-electron chi connectivity index (χ3n) is 2.33. The fraction of sp³-hybridized carbons (Fsp3) is 0.556. The van der Waals surface area contributed by atoms with Crippen LogP contribution in [-0.4, -0.2) is 7.05 Å². The number of furan rings is 1. The molecule has 0 amide bonds. The number of hydrogen-bond donors (Lipinski definition) is 1. The van der Waals surface area contributed by atoms with E-state index < -0.39 is 0 Å². The third kappa shape index (κ3) is 1.43. The minimum Gasteiger partial charge on any atom is -0.466 e. The van der Waals surface area contributed by atoms with Gasteiger partial charge in [-0.2, -0.15) is 0 Å². The fourth-order valence-corrected chi connectivity index (χ4v) is 1.99. The summed E-state index contributed by atoms with van der Waals surface area (Å²) in [4.78, 5) is 0. The first-order valence-electron chi connectivity index (χ1n) is 4.23. The Bertz CT molecular complexity index is 267. The van der Waals surface area contributed by atoms with E-state index in [-0.39, 0.29) is 0 Å². The van der Waals surface area contributed by atoms with Gasteiger partial charge in [-0.15, -0.1) is 0 Å². The molecular weight excluding hydrogens is 218 g/mol. The van der Waals surface area contributed by atoms with Crippen molar-refractivity contribution in [2.24, 2.45) is 5.92 Å². The summed E-state index contributed by atoms with van der Waals surface area (Å²) in [6.07, 6.45) is 4.36. The lowest BCUT2D eigenvalue weighted by molar-refractivity contribution is 0.400. The van der Waals surface area contributed by atoms with Gasteiger partial charge in [0.25, 0.3) is 0 Å². The average molecular weight is 230 g/mol. The van der Waals surface area contributed by atoms with Crippen LogP contribution < -0.4 is 5.32 Å². The zero-order chi connectivity index (χ0) is 8.55. The maximum absolute atomic E-state index is 5.41. The van der Waals surface area contributed by atoms with Crippen molar-refractivity contribution in [3.05, 3.63) is 22.6 Å². The molecule has 0 bridgehead atoms. The van der Waals surface area contributed by atoms with Crippen molar-refractivity contribution in [3.63, 3.8) is 0 Å². The highest BCUT2D eigenvalue weighted by Gasteiger charge is 2.34. The van der Waals surface area contributed by atoms with Crippen molar-refractivity contribution in [1.29, 1.82) is 0 Å². The molecule has 2 rings (SSSR count). The minimum atomic E-state index is 0.398. The van der Waals surface area contributed by atoms with Crippen LogP contribution in [0.4, 0.5) is 0 Å². The van der Waals surface area contributed by atoms with E-state index in [2.05, 4.69) is 21.2 Å². The zero-order valence-electron chi connectivity index (χ0n) is 7.01. The predicted octanol–water partition coefficient (Wildman–Crippen LogP) is 2.71. The Balaban J connectivity index is 2.20. The van der Waals surface area contributed by atoms with Crippen LogP contribution in [0.3, 0.4) is 0 Å². The standard InChI is InChI=1S/C9H12BrNO/c1-11-8(6-2-3-6)9-7(10)4-5-12-9/h4-6,8,11H,2-3H2,1H3. The lowest BCUT2D eigenvalue weighted by Crippen LogP contribution is -2.17. The second-order valence-electron chi connectivity index (χ2n) is 3.24. The molecule has 1 unspecified atom stereocenters. The highest BCUT2D eigenvalue weighted by molar-refractivity contribution is 9.10. The summed E-state index contributed by atoms with van der Waals surface area (Å²) in [5.74, 6) is 1.82. The molecule has 0 saturated heterocycles. The van der Waals surface area contributed by atoms with Gasteiger partial charge in [-0.25, -0.2) is 0 Å². The molecule has 0 aromatic carbocycles. The first-order valence-corrected chi connectivity index (χ1v) is 5.02. The molecule has 1 aliphatic carbocycles. The van der Waals surface area contributed by atoms with Gasteiger partial charge in [-0.05, 0) is 47.8 Å². The molecule has 3 heteroatoms. The van der Waals surface area contributed by atoms with Crippen LogP contribution in [0.1, 0.15) is 24.6 Å². The Kier molecular flexibility index (Phi) is 2.24. The van der Waals surface area contributed by atoms with E-state index in [0.29, 0.717) is 6.04 Å². The fourth-order valence-electron chi connectivity index (χ4n) is 1.54. The van der Waals surface area contributed by atoms with Crippen LogP contribution in [0.25, 0.3) is 0 Å². The summed E-state index contributed by atoms with van der Waals surface area (Å²) in [5, 5.41) is 3.28. The molecule has 1 aromatic rings. The topological polar surface area (TPSA) is 25.2 Å². The summed E-state index contributed by atoms with van der Waals surface area (Å²) in [6, 6.07) is 2.34. The summed E-state index contributed by atoms with van der Waals surface area (Å²) in [7, 11) is 1.98. The largest absolute Gasteiger partial charge is 0.466 e. The molecule has 1 saturated carbocycles. The smallest absolute Gasteiger partial charge is 0.135 e. The van der Waals surface area contributed by atoms with Gasteiger partial charge in [0.05, 0.1) is 16.8 Å². The SMILES string of the molecule is CNC(c1occc1Br)C1CC1.